The Morgan fingerprint density at radius 2 is 2.11 bits per heavy atom. The molecule has 0 saturated carbocycles. The molecule has 56 valence electrons. The van der Waals surface area contributed by atoms with Crippen molar-refractivity contribution in [3.8, 4) is 0 Å². The lowest BCUT2D eigenvalue weighted by Crippen LogP contribution is -2.52. The van der Waals surface area contributed by atoms with Crippen molar-refractivity contribution in [1.29, 1.82) is 0 Å². The normalized spacial score (nSPS) is 15.7. The highest BCUT2D eigenvalue weighted by atomic mass is 16.3. The van der Waals surface area contributed by atoms with Crippen molar-refractivity contribution in [1.82, 2.24) is 5.32 Å². The SMILES string of the molecule is CCNC(O)C(C)(C)N. The molecule has 9 heavy (non-hydrogen) atoms. The van der Waals surface area contributed by atoms with Crippen LogP contribution in [0.15, 0.2) is 0 Å². The molecule has 0 amide bonds. The first-order chi connectivity index (χ1) is 3.98. The zero-order valence-electron chi connectivity index (χ0n) is 6.31. The molecule has 4 N–H and O–H groups in total. The van der Waals surface area contributed by atoms with Gasteiger partial charge in [-0.3, -0.25) is 5.32 Å². The quantitative estimate of drug-likeness (QED) is 0.460. The minimum absolute atomic E-state index is 0.546. The van der Waals surface area contributed by atoms with Crippen molar-refractivity contribution in [2.45, 2.75) is 32.5 Å². The molecular weight excluding hydrogens is 116 g/mol. The van der Waals surface area contributed by atoms with Crippen LogP contribution in [0.1, 0.15) is 20.8 Å². The molecule has 0 radical (unpaired) electrons. The van der Waals surface area contributed by atoms with Crippen molar-refractivity contribution in [3.63, 3.8) is 0 Å². The summed E-state index contributed by atoms with van der Waals surface area (Å²) in [6, 6.07) is 0. The summed E-state index contributed by atoms with van der Waals surface area (Å²) in [6.45, 7) is 6.22. The lowest BCUT2D eigenvalue weighted by molar-refractivity contribution is 0.0733. The molecule has 0 aromatic rings. The van der Waals surface area contributed by atoms with E-state index < -0.39 is 11.8 Å². The van der Waals surface area contributed by atoms with Gasteiger partial charge in [-0.1, -0.05) is 6.92 Å². The maximum Gasteiger partial charge on any atom is 0.122 e. The maximum atomic E-state index is 9.15. The van der Waals surface area contributed by atoms with Crippen molar-refractivity contribution in [3.05, 3.63) is 0 Å². The molecule has 0 aliphatic heterocycles. The third kappa shape index (κ3) is 3.46. The number of hydrogen-bond acceptors (Lipinski definition) is 3. The third-order valence-electron chi connectivity index (χ3n) is 1.10. The summed E-state index contributed by atoms with van der Waals surface area (Å²) in [5.41, 5.74) is 5.01. The Morgan fingerprint density at radius 3 is 2.22 bits per heavy atom. The van der Waals surface area contributed by atoms with Gasteiger partial charge < -0.3 is 10.8 Å². The average Bonchev–Trinajstić information content (AvgIpc) is 1.64. The van der Waals surface area contributed by atoms with Gasteiger partial charge in [0.15, 0.2) is 0 Å². The minimum Gasteiger partial charge on any atom is -0.377 e. The first-order valence-electron chi connectivity index (χ1n) is 3.18. The van der Waals surface area contributed by atoms with Crippen LogP contribution in [0.5, 0.6) is 0 Å². The van der Waals surface area contributed by atoms with Gasteiger partial charge in [0.05, 0.1) is 0 Å². The molecule has 0 aromatic heterocycles. The number of nitrogens with two attached hydrogens (primary N) is 1. The topological polar surface area (TPSA) is 58.3 Å². The van der Waals surface area contributed by atoms with Crippen molar-refractivity contribution in [2.24, 2.45) is 5.73 Å². The van der Waals surface area contributed by atoms with Crippen LogP contribution in [-0.4, -0.2) is 23.4 Å². The van der Waals surface area contributed by atoms with E-state index in [9.17, 15) is 0 Å². The van der Waals surface area contributed by atoms with Gasteiger partial charge in [-0.15, -0.1) is 0 Å². The molecule has 0 aromatic carbocycles. The summed E-state index contributed by atoms with van der Waals surface area (Å²) in [5, 5.41) is 12.0. The standard InChI is InChI=1S/C6H16N2O/c1-4-8-5(9)6(2,3)7/h5,8-9H,4,7H2,1-3H3. The molecule has 0 rings (SSSR count). The van der Waals surface area contributed by atoms with Crippen molar-refractivity contribution >= 4 is 0 Å². The Morgan fingerprint density at radius 1 is 1.67 bits per heavy atom. The van der Waals surface area contributed by atoms with E-state index in [0.717, 1.165) is 6.54 Å². The van der Waals surface area contributed by atoms with E-state index in [0.29, 0.717) is 0 Å². The van der Waals surface area contributed by atoms with Gasteiger partial charge in [-0.05, 0) is 20.4 Å². The van der Waals surface area contributed by atoms with E-state index in [4.69, 9.17) is 10.8 Å². The number of rotatable bonds is 3. The fraction of sp³-hybridized carbons (Fsp3) is 1.00. The molecule has 0 aliphatic carbocycles. The summed E-state index contributed by atoms with van der Waals surface area (Å²) in [5.74, 6) is 0. The van der Waals surface area contributed by atoms with E-state index >= 15 is 0 Å². The van der Waals surface area contributed by atoms with E-state index in [2.05, 4.69) is 5.32 Å². The zero-order chi connectivity index (χ0) is 7.49. The highest BCUT2D eigenvalue weighted by molar-refractivity contribution is 4.78. The van der Waals surface area contributed by atoms with Gasteiger partial charge in [-0.25, -0.2) is 0 Å². The number of hydrogen-bond donors (Lipinski definition) is 3. The number of likely N-dealkylation sites (N-methyl/N-ethyl adjacent to an activating group) is 1. The highest BCUT2D eigenvalue weighted by Gasteiger charge is 2.20. The molecule has 0 aliphatic rings. The van der Waals surface area contributed by atoms with Gasteiger partial charge in [-0.2, -0.15) is 0 Å². The second-order valence-corrected chi connectivity index (χ2v) is 2.78. The molecule has 0 bridgehead atoms. The second kappa shape index (κ2) is 3.15. The summed E-state index contributed by atoms with van der Waals surface area (Å²) < 4.78 is 0. The molecule has 1 unspecified atom stereocenters. The smallest absolute Gasteiger partial charge is 0.122 e. The van der Waals surface area contributed by atoms with Gasteiger partial charge in [0.25, 0.3) is 0 Å². The summed E-state index contributed by atoms with van der Waals surface area (Å²) in [4.78, 5) is 0. The molecular formula is C6H16N2O. The predicted molar refractivity (Wildman–Crippen MR) is 37.9 cm³/mol. The predicted octanol–water partition coefficient (Wildman–Crippen LogP) is -0.348. The Balaban J connectivity index is 3.59. The van der Waals surface area contributed by atoms with E-state index in [1.165, 1.54) is 0 Å². The zero-order valence-corrected chi connectivity index (χ0v) is 6.31. The van der Waals surface area contributed by atoms with E-state index in [1.807, 2.05) is 6.92 Å². The molecule has 0 saturated heterocycles. The lowest BCUT2D eigenvalue weighted by atomic mass is 10.1. The van der Waals surface area contributed by atoms with Crippen LogP contribution >= 0.6 is 0 Å². The second-order valence-electron chi connectivity index (χ2n) is 2.78. The van der Waals surface area contributed by atoms with Crippen LogP contribution in [0.3, 0.4) is 0 Å². The van der Waals surface area contributed by atoms with Gasteiger partial charge in [0.2, 0.25) is 0 Å². The molecule has 0 spiro atoms. The Hall–Kier alpha value is -0.120. The van der Waals surface area contributed by atoms with Gasteiger partial charge in [0, 0.05) is 5.54 Å². The Bertz CT molecular complexity index is 77.6. The van der Waals surface area contributed by atoms with Gasteiger partial charge in [0.1, 0.15) is 6.23 Å². The van der Waals surface area contributed by atoms with Crippen LogP contribution in [0, 0.1) is 0 Å². The van der Waals surface area contributed by atoms with Crippen molar-refractivity contribution in [2.75, 3.05) is 6.54 Å². The Kier molecular flexibility index (Phi) is 3.11. The molecule has 0 fully saturated rings. The van der Waals surface area contributed by atoms with Crippen LogP contribution in [0.4, 0.5) is 0 Å². The maximum absolute atomic E-state index is 9.15. The van der Waals surface area contributed by atoms with Crippen LogP contribution < -0.4 is 11.1 Å². The number of aliphatic hydroxyl groups is 1. The monoisotopic (exact) mass is 132 g/mol. The van der Waals surface area contributed by atoms with E-state index in [-0.39, 0.29) is 0 Å². The molecule has 3 nitrogen and oxygen atoms in total. The van der Waals surface area contributed by atoms with Gasteiger partial charge >= 0.3 is 0 Å². The summed E-state index contributed by atoms with van der Waals surface area (Å²) in [6.07, 6.45) is -0.609. The minimum atomic E-state index is -0.609. The first-order valence-corrected chi connectivity index (χ1v) is 3.18. The first kappa shape index (κ1) is 8.88. The fourth-order valence-corrected chi connectivity index (χ4v) is 0.456. The molecule has 0 heterocycles. The summed E-state index contributed by atoms with van der Waals surface area (Å²) in [7, 11) is 0. The number of nitrogens with one attached hydrogen (secondary N) is 1. The summed E-state index contributed by atoms with van der Waals surface area (Å²) >= 11 is 0. The van der Waals surface area contributed by atoms with Crippen LogP contribution in [0.25, 0.3) is 0 Å². The molecule has 1 atom stereocenters. The van der Waals surface area contributed by atoms with Crippen LogP contribution in [0.2, 0.25) is 0 Å². The fourth-order valence-electron chi connectivity index (χ4n) is 0.456. The third-order valence-corrected chi connectivity index (χ3v) is 1.10. The largest absolute Gasteiger partial charge is 0.377 e. The van der Waals surface area contributed by atoms with E-state index in [1.54, 1.807) is 13.8 Å². The molecule has 3 heteroatoms. The number of aliphatic hydroxyl groups excluding tert-OH is 1. The van der Waals surface area contributed by atoms with Crippen molar-refractivity contribution < 1.29 is 5.11 Å². The average molecular weight is 132 g/mol. The Labute approximate surface area is 56.2 Å². The van der Waals surface area contributed by atoms with Crippen LogP contribution in [-0.2, 0) is 0 Å². The highest BCUT2D eigenvalue weighted by Crippen LogP contribution is 1.99. The lowest BCUT2D eigenvalue weighted by Gasteiger charge is -2.25.